The van der Waals surface area contributed by atoms with E-state index in [9.17, 15) is 9.59 Å². The van der Waals surface area contributed by atoms with E-state index >= 15 is 0 Å². The maximum absolute atomic E-state index is 11.8. The number of aryl methyl sites for hydroxylation is 1. The minimum atomic E-state index is -0.385. The third-order valence-corrected chi connectivity index (χ3v) is 2.95. The third kappa shape index (κ3) is 4.32. The molecule has 0 saturated heterocycles. The Morgan fingerprint density at radius 1 is 1.05 bits per heavy atom. The number of carbonyl (C=O) groups is 2. The maximum atomic E-state index is 11.8. The molecule has 0 aliphatic carbocycles. The Bertz CT molecular complexity index is 651. The molecule has 22 heavy (non-hydrogen) atoms. The first kappa shape index (κ1) is 15.5. The van der Waals surface area contributed by atoms with Gasteiger partial charge >= 0.3 is 0 Å². The fourth-order valence-corrected chi connectivity index (χ4v) is 1.77. The predicted octanol–water partition coefficient (Wildman–Crippen LogP) is 1.62. The van der Waals surface area contributed by atoms with Crippen molar-refractivity contribution in [1.29, 1.82) is 0 Å². The Balaban J connectivity index is 1.85. The quantitative estimate of drug-likeness (QED) is 0.444. The average Bonchev–Trinajstić information content (AvgIpc) is 2.55. The molecule has 0 heterocycles. The van der Waals surface area contributed by atoms with Crippen molar-refractivity contribution < 1.29 is 14.3 Å². The van der Waals surface area contributed by atoms with Crippen LogP contribution in [0.4, 0.5) is 5.69 Å². The molecule has 0 radical (unpaired) electrons. The highest BCUT2D eigenvalue weighted by Crippen LogP contribution is 2.13. The molecule has 6 heteroatoms. The summed E-state index contributed by atoms with van der Waals surface area (Å²) in [7, 11) is 0. The van der Waals surface area contributed by atoms with Crippen LogP contribution in [-0.4, -0.2) is 18.4 Å². The fourth-order valence-electron chi connectivity index (χ4n) is 1.77. The van der Waals surface area contributed by atoms with Gasteiger partial charge in [-0.1, -0.05) is 17.7 Å². The zero-order valence-electron chi connectivity index (χ0n) is 12.1. The van der Waals surface area contributed by atoms with Gasteiger partial charge < -0.3 is 10.1 Å². The van der Waals surface area contributed by atoms with Gasteiger partial charge in [-0.25, -0.2) is 5.84 Å². The summed E-state index contributed by atoms with van der Waals surface area (Å²) >= 11 is 0. The lowest BCUT2D eigenvalue weighted by Gasteiger charge is -2.08. The number of hydrogen-bond donors (Lipinski definition) is 3. The third-order valence-electron chi connectivity index (χ3n) is 2.95. The molecule has 0 aliphatic heterocycles. The van der Waals surface area contributed by atoms with Crippen LogP contribution in [0.1, 0.15) is 15.9 Å². The second-order valence-electron chi connectivity index (χ2n) is 4.70. The van der Waals surface area contributed by atoms with Crippen LogP contribution in [0.5, 0.6) is 5.75 Å². The molecular weight excluding hydrogens is 282 g/mol. The lowest BCUT2D eigenvalue weighted by molar-refractivity contribution is -0.118. The number of carbonyl (C=O) groups excluding carboxylic acids is 2. The van der Waals surface area contributed by atoms with Crippen LogP contribution in [0.25, 0.3) is 0 Å². The first-order valence-electron chi connectivity index (χ1n) is 6.69. The summed E-state index contributed by atoms with van der Waals surface area (Å²) in [6.07, 6.45) is 0. The van der Waals surface area contributed by atoms with Gasteiger partial charge in [0.25, 0.3) is 11.8 Å². The van der Waals surface area contributed by atoms with Crippen LogP contribution in [-0.2, 0) is 4.79 Å². The molecule has 0 bridgehead atoms. The lowest BCUT2D eigenvalue weighted by Crippen LogP contribution is -2.29. The van der Waals surface area contributed by atoms with Gasteiger partial charge in [0, 0.05) is 11.3 Å². The van der Waals surface area contributed by atoms with Gasteiger partial charge in [0.2, 0.25) is 0 Å². The van der Waals surface area contributed by atoms with E-state index in [1.165, 1.54) is 0 Å². The lowest BCUT2D eigenvalue weighted by atomic mass is 10.2. The molecule has 2 rings (SSSR count). The molecule has 114 valence electrons. The van der Waals surface area contributed by atoms with Gasteiger partial charge in [0.05, 0.1) is 0 Å². The number of anilines is 1. The molecule has 0 fully saturated rings. The first-order chi connectivity index (χ1) is 10.6. The summed E-state index contributed by atoms with van der Waals surface area (Å²) in [5, 5.41) is 2.73. The summed E-state index contributed by atoms with van der Waals surface area (Å²) in [5.74, 6) is 4.89. The highest BCUT2D eigenvalue weighted by atomic mass is 16.5. The van der Waals surface area contributed by atoms with Gasteiger partial charge in [-0.2, -0.15) is 0 Å². The van der Waals surface area contributed by atoms with Crippen molar-refractivity contribution in [3.63, 3.8) is 0 Å². The molecular formula is C16H17N3O3. The van der Waals surface area contributed by atoms with Crippen molar-refractivity contribution in [2.75, 3.05) is 11.9 Å². The highest BCUT2D eigenvalue weighted by Gasteiger charge is 2.06. The molecule has 2 aromatic rings. The van der Waals surface area contributed by atoms with Crippen LogP contribution >= 0.6 is 0 Å². The van der Waals surface area contributed by atoms with E-state index < -0.39 is 0 Å². The second kappa shape index (κ2) is 7.24. The summed E-state index contributed by atoms with van der Waals surface area (Å²) < 4.78 is 5.36. The molecule has 0 aromatic heterocycles. The first-order valence-corrected chi connectivity index (χ1v) is 6.69. The highest BCUT2D eigenvalue weighted by molar-refractivity contribution is 5.94. The Hall–Kier alpha value is -2.86. The van der Waals surface area contributed by atoms with Crippen LogP contribution < -0.4 is 21.3 Å². The molecule has 6 nitrogen and oxygen atoms in total. The van der Waals surface area contributed by atoms with Crippen molar-refractivity contribution in [3.05, 3.63) is 59.7 Å². The van der Waals surface area contributed by atoms with Crippen molar-refractivity contribution >= 4 is 17.5 Å². The Kier molecular flexibility index (Phi) is 5.11. The van der Waals surface area contributed by atoms with Gasteiger partial charge in [0.1, 0.15) is 5.75 Å². The number of rotatable bonds is 5. The zero-order valence-corrected chi connectivity index (χ0v) is 12.1. The number of benzene rings is 2. The largest absolute Gasteiger partial charge is 0.484 e. The van der Waals surface area contributed by atoms with E-state index in [-0.39, 0.29) is 18.4 Å². The minimum absolute atomic E-state index is 0.115. The SMILES string of the molecule is Cc1ccc(NC(=O)COc2ccc(C(=O)NN)cc2)cc1. The molecule has 4 N–H and O–H groups in total. The fraction of sp³-hybridized carbons (Fsp3) is 0.125. The van der Waals surface area contributed by atoms with Crippen molar-refractivity contribution in [2.24, 2.45) is 5.84 Å². The molecule has 0 unspecified atom stereocenters. The molecule has 0 saturated carbocycles. The van der Waals surface area contributed by atoms with E-state index in [1.54, 1.807) is 24.3 Å². The number of nitrogen functional groups attached to an aromatic ring is 1. The predicted molar refractivity (Wildman–Crippen MR) is 83.4 cm³/mol. The Morgan fingerprint density at radius 2 is 1.68 bits per heavy atom. The second-order valence-corrected chi connectivity index (χ2v) is 4.70. The maximum Gasteiger partial charge on any atom is 0.265 e. The van der Waals surface area contributed by atoms with Gasteiger partial charge in [-0.3, -0.25) is 15.0 Å². The summed E-state index contributed by atoms with van der Waals surface area (Å²) in [5.41, 5.74) is 4.29. The van der Waals surface area contributed by atoms with Crippen LogP contribution in [0.3, 0.4) is 0 Å². The van der Waals surface area contributed by atoms with Crippen LogP contribution in [0.15, 0.2) is 48.5 Å². The van der Waals surface area contributed by atoms with E-state index in [1.807, 2.05) is 36.6 Å². The van der Waals surface area contributed by atoms with Crippen molar-refractivity contribution in [3.8, 4) is 5.75 Å². The van der Waals surface area contributed by atoms with Crippen LogP contribution in [0, 0.1) is 6.92 Å². The number of hydrogen-bond acceptors (Lipinski definition) is 4. The Morgan fingerprint density at radius 3 is 2.27 bits per heavy atom. The monoisotopic (exact) mass is 299 g/mol. The van der Waals surface area contributed by atoms with E-state index in [4.69, 9.17) is 10.6 Å². The van der Waals surface area contributed by atoms with Crippen molar-refractivity contribution in [2.45, 2.75) is 6.92 Å². The topological polar surface area (TPSA) is 93.4 Å². The molecule has 0 atom stereocenters. The summed E-state index contributed by atoms with van der Waals surface area (Å²) in [4.78, 5) is 23.1. The smallest absolute Gasteiger partial charge is 0.265 e. The standard InChI is InChI=1S/C16H17N3O3/c1-11-2-6-13(7-3-11)18-15(20)10-22-14-8-4-12(5-9-14)16(21)19-17/h2-9H,10,17H2,1H3,(H,18,20)(H,19,21). The molecule has 0 aliphatic rings. The molecule has 0 spiro atoms. The van der Waals surface area contributed by atoms with Crippen molar-refractivity contribution in [1.82, 2.24) is 5.43 Å². The molecule has 2 aromatic carbocycles. The number of hydrazine groups is 1. The minimum Gasteiger partial charge on any atom is -0.484 e. The normalized spacial score (nSPS) is 9.91. The molecule has 2 amide bonds. The van der Waals surface area contributed by atoms with E-state index in [2.05, 4.69) is 5.32 Å². The van der Waals surface area contributed by atoms with Gasteiger partial charge in [-0.15, -0.1) is 0 Å². The van der Waals surface area contributed by atoms with E-state index in [0.29, 0.717) is 17.0 Å². The Labute approximate surface area is 128 Å². The van der Waals surface area contributed by atoms with Gasteiger partial charge in [-0.05, 0) is 43.3 Å². The number of nitrogens with two attached hydrogens (primary N) is 1. The number of ether oxygens (including phenoxy) is 1. The number of nitrogens with one attached hydrogen (secondary N) is 2. The summed E-state index contributed by atoms with van der Waals surface area (Å²) in [6, 6.07) is 13.8. The average molecular weight is 299 g/mol. The van der Waals surface area contributed by atoms with Gasteiger partial charge in [0.15, 0.2) is 6.61 Å². The van der Waals surface area contributed by atoms with E-state index in [0.717, 1.165) is 5.56 Å². The zero-order chi connectivity index (χ0) is 15.9. The van der Waals surface area contributed by atoms with Crippen LogP contribution in [0.2, 0.25) is 0 Å². The summed E-state index contributed by atoms with van der Waals surface area (Å²) in [6.45, 7) is 1.86. The number of amides is 2.